The van der Waals surface area contributed by atoms with E-state index >= 15 is 0 Å². The third-order valence-electron chi connectivity index (χ3n) is 4.26. The van der Waals surface area contributed by atoms with Crippen LogP contribution in [0.3, 0.4) is 0 Å². The maximum Gasteiger partial charge on any atom is 0.303 e. The van der Waals surface area contributed by atoms with E-state index in [9.17, 15) is 9.59 Å². The third kappa shape index (κ3) is 6.37. The number of nitrogens with one attached hydrogen (secondary N) is 1. The molecule has 0 saturated heterocycles. The number of carboxylic acid groups (broad SMARTS) is 1. The monoisotopic (exact) mass is 284 g/mol. The van der Waals surface area contributed by atoms with Gasteiger partial charge in [-0.15, -0.1) is 0 Å². The lowest BCUT2D eigenvalue weighted by Gasteiger charge is -2.27. The van der Waals surface area contributed by atoms with Crippen LogP contribution >= 0.6 is 0 Å². The summed E-state index contributed by atoms with van der Waals surface area (Å²) in [6.07, 6.45) is 5.26. The molecule has 0 aliphatic heterocycles. The standard InChI is InChI=1S/C15H28N2O3/c1-15(2,8-7-13(18)19)9-10-17-14(20)11-3-5-12(16)6-4-11/h11-12H,3-10,16H2,1-2H3,(H,17,20)(H,18,19). The predicted octanol–water partition coefficient (Wildman–Crippen LogP) is 1.90. The molecule has 1 aliphatic carbocycles. The van der Waals surface area contributed by atoms with E-state index < -0.39 is 5.97 Å². The summed E-state index contributed by atoms with van der Waals surface area (Å²) in [6.45, 7) is 4.71. The highest BCUT2D eigenvalue weighted by molar-refractivity contribution is 5.78. The minimum absolute atomic E-state index is 0.0550. The second-order valence-corrected chi connectivity index (χ2v) is 6.71. The molecule has 0 unspecified atom stereocenters. The van der Waals surface area contributed by atoms with Crippen LogP contribution in [0.4, 0.5) is 0 Å². The fourth-order valence-corrected chi connectivity index (χ4v) is 2.62. The van der Waals surface area contributed by atoms with Crippen LogP contribution in [0.15, 0.2) is 0 Å². The van der Waals surface area contributed by atoms with Crippen LogP contribution in [0.1, 0.15) is 58.8 Å². The summed E-state index contributed by atoms with van der Waals surface area (Å²) >= 11 is 0. The summed E-state index contributed by atoms with van der Waals surface area (Å²) in [6, 6.07) is 0.258. The molecule has 0 heterocycles. The molecule has 0 spiro atoms. The summed E-state index contributed by atoms with van der Waals surface area (Å²) in [5, 5.41) is 11.7. The van der Waals surface area contributed by atoms with Crippen molar-refractivity contribution < 1.29 is 14.7 Å². The maximum absolute atomic E-state index is 12.0. The molecular weight excluding hydrogens is 256 g/mol. The number of carboxylic acids is 1. The van der Waals surface area contributed by atoms with Crippen molar-refractivity contribution in [3.8, 4) is 0 Å². The fraction of sp³-hybridized carbons (Fsp3) is 0.867. The molecule has 1 rings (SSSR count). The van der Waals surface area contributed by atoms with Crippen molar-refractivity contribution in [1.82, 2.24) is 5.32 Å². The number of carbonyl (C=O) groups is 2. The molecule has 116 valence electrons. The van der Waals surface area contributed by atoms with Gasteiger partial charge in [0.2, 0.25) is 5.91 Å². The van der Waals surface area contributed by atoms with E-state index in [2.05, 4.69) is 5.32 Å². The van der Waals surface area contributed by atoms with Crippen molar-refractivity contribution in [2.75, 3.05) is 6.54 Å². The van der Waals surface area contributed by atoms with E-state index in [-0.39, 0.29) is 29.7 Å². The van der Waals surface area contributed by atoms with E-state index in [1.54, 1.807) is 0 Å². The van der Waals surface area contributed by atoms with Gasteiger partial charge in [0.15, 0.2) is 0 Å². The van der Waals surface area contributed by atoms with Gasteiger partial charge in [0.25, 0.3) is 0 Å². The average molecular weight is 284 g/mol. The first-order valence-electron chi connectivity index (χ1n) is 7.55. The van der Waals surface area contributed by atoms with E-state index in [0.717, 1.165) is 32.1 Å². The first-order chi connectivity index (χ1) is 9.30. The van der Waals surface area contributed by atoms with Gasteiger partial charge in [0.1, 0.15) is 0 Å². The highest BCUT2D eigenvalue weighted by Crippen LogP contribution is 2.27. The van der Waals surface area contributed by atoms with Crippen molar-refractivity contribution in [3.63, 3.8) is 0 Å². The van der Waals surface area contributed by atoms with Gasteiger partial charge >= 0.3 is 5.97 Å². The molecule has 1 fully saturated rings. The van der Waals surface area contributed by atoms with Gasteiger partial charge in [0.05, 0.1) is 0 Å². The Morgan fingerprint density at radius 2 is 1.80 bits per heavy atom. The quantitative estimate of drug-likeness (QED) is 0.665. The zero-order valence-corrected chi connectivity index (χ0v) is 12.7. The number of carbonyl (C=O) groups excluding carboxylic acids is 1. The van der Waals surface area contributed by atoms with Crippen LogP contribution in [0.5, 0.6) is 0 Å². The largest absolute Gasteiger partial charge is 0.481 e. The van der Waals surface area contributed by atoms with Gasteiger partial charge in [-0.25, -0.2) is 0 Å². The molecule has 1 aliphatic rings. The van der Waals surface area contributed by atoms with Crippen LogP contribution in [-0.4, -0.2) is 29.6 Å². The van der Waals surface area contributed by atoms with Crippen molar-refractivity contribution in [3.05, 3.63) is 0 Å². The van der Waals surface area contributed by atoms with Gasteiger partial charge in [0, 0.05) is 24.9 Å². The molecule has 1 amide bonds. The van der Waals surface area contributed by atoms with Crippen LogP contribution in [0.25, 0.3) is 0 Å². The fourth-order valence-electron chi connectivity index (χ4n) is 2.62. The Morgan fingerprint density at radius 3 is 2.35 bits per heavy atom. The topological polar surface area (TPSA) is 92.4 Å². The smallest absolute Gasteiger partial charge is 0.303 e. The van der Waals surface area contributed by atoms with Crippen LogP contribution in [-0.2, 0) is 9.59 Å². The van der Waals surface area contributed by atoms with Gasteiger partial charge in [-0.2, -0.15) is 0 Å². The van der Waals surface area contributed by atoms with E-state index in [4.69, 9.17) is 10.8 Å². The van der Waals surface area contributed by atoms with Gasteiger partial charge in [-0.3, -0.25) is 9.59 Å². The molecule has 0 aromatic carbocycles. The Balaban J connectivity index is 2.22. The molecule has 0 radical (unpaired) electrons. The SMILES string of the molecule is CC(C)(CCNC(=O)C1CCC(N)CC1)CCC(=O)O. The molecule has 0 bridgehead atoms. The highest BCUT2D eigenvalue weighted by atomic mass is 16.4. The molecule has 5 heteroatoms. The Hall–Kier alpha value is -1.10. The van der Waals surface area contributed by atoms with Gasteiger partial charge in [-0.05, 0) is 43.9 Å². The summed E-state index contributed by atoms with van der Waals surface area (Å²) in [4.78, 5) is 22.6. The number of hydrogen-bond donors (Lipinski definition) is 3. The Morgan fingerprint density at radius 1 is 1.20 bits per heavy atom. The zero-order chi connectivity index (χ0) is 15.2. The molecule has 20 heavy (non-hydrogen) atoms. The van der Waals surface area contributed by atoms with Gasteiger partial charge in [-0.1, -0.05) is 13.8 Å². The number of hydrogen-bond acceptors (Lipinski definition) is 3. The lowest BCUT2D eigenvalue weighted by atomic mass is 9.84. The summed E-state index contributed by atoms with van der Waals surface area (Å²) < 4.78 is 0. The first kappa shape index (κ1) is 17.0. The minimum atomic E-state index is -0.763. The molecule has 0 aromatic rings. The molecule has 0 atom stereocenters. The van der Waals surface area contributed by atoms with Crippen LogP contribution < -0.4 is 11.1 Å². The number of amides is 1. The Bertz CT molecular complexity index is 334. The van der Waals surface area contributed by atoms with Crippen molar-refractivity contribution in [2.45, 2.75) is 64.8 Å². The van der Waals surface area contributed by atoms with Crippen molar-refractivity contribution in [2.24, 2.45) is 17.1 Å². The number of nitrogens with two attached hydrogens (primary N) is 1. The minimum Gasteiger partial charge on any atom is -0.481 e. The maximum atomic E-state index is 12.0. The molecule has 5 nitrogen and oxygen atoms in total. The molecule has 4 N–H and O–H groups in total. The average Bonchev–Trinajstić information content (AvgIpc) is 2.37. The first-order valence-corrected chi connectivity index (χ1v) is 7.55. The molecule has 1 saturated carbocycles. The van der Waals surface area contributed by atoms with Crippen molar-refractivity contribution >= 4 is 11.9 Å². The Kier molecular flexibility index (Phi) is 6.46. The van der Waals surface area contributed by atoms with Gasteiger partial charge < -0.3 is 16.2 Å². The van der Waals surface area contributed by atoms with E-state index in [1.807, 2.05) is 13.8 Å². The highest BCUT2D eigenvalue weighted by Gasteiger charge is 2.25. The number of aliphatic carboxylic acids is 1. The van der Waals surface area contributed by atoms with E-state index in [1.165, 1.54) is 0 Å². The lowest BCUT2D eigenvalue weighted by Crippen LogP contribution is -2.37. The molecule has 0 aromatic heterocycles. The second-order valence-electron chi connectivity index (χ2n) is 6.71. The second kappa shape index (κ2) is 7.62. The summed E-state index contributed by atoms with van der Waals surface area (Å²) in [5.74, 6) is -0.525. The third-order valence-corrected chi connectivity index (χ3v) is 4.26. The zero-order valence-electron chi connectivity index (χ0n) is 12.7. The summed E-state index contributed by atoms with van der Waals surface area (Å²) in [5.41, 5.74) is 5.78. The Labute approximate surface area is 121 Å². The summed E-state index contributed by atoms with van der Waals surface area (Å²) in [7, 11) is 0. The van der Waals surface area contributed by atoms with Crippen molar-refractivity contribution in [1.29, 1.82) is 0 Å². The van der Waals surface area contributed by atoms with Crippen LogP contribution in [0.2, 0.25) is 0 Å². The lowest BCUT2D eigenvalue weighted by molar-refractivity contribution is -0.137. The normalized spacial score (nSPS) is 23.4. The molecular formula is C15H28N2O3. The van der Waals surface area contributed by atoms with Crippen LogP contribution in [0, 0.1) is 11.3 Å². The predicted molar refractivity (Wildman–Crippen MR) is 78.2 cm³/mol. The van der Waals surface area contributed by atoms with E-state index in [0.29, 0.717) is 13.0 Å². The number of rotatable bonds is 7.